The SMILES string of the molecule is C=N/N=C\c1oc(C)nc1C. The summed E-state index contributed by atoms with van der Waals surface area (Å²) in [5, 5.41) is 6.88. The van der Waals surface area contributed by atoms with Crippen molar-refractivity contribution >= 4 is 12.9 Å². The molecule has 0 amide bonds. The number of oxazole rings is 1. The van der Waals surface area contributed by atoms with Crippen molar-refractivity contribution < 1.29 is 4.42 Å². The van der Waals surface area contributed by atoms with Crippen LogP contribution in [0.2, 0.25) is 0 Å². The molecule has 0 aliphatic heterocycles. The molecule has 0 saturated carbocycles. The van der Waals surface area contributed by atoms with Crippen LogP contribution in [0.15, 0.2) is 14.6 Å². The van der Waals surface area contributed by atoms with Crippen molar-refractivity contribution in [3.63, 3.8) is 0 Å². The van der Waals surface area contributed by atoms with E-state index in [2.05, 4.69) is 21.9 Å². The highest BCUT2D eigenvalue weighted by molar-refractivity contribution is 5.77. The quantitative estimate of drug-likeness (QED) is 0.473. The van der Waals surface area contributed by atoms with Crippen LogP contribution in [0.4, 0.5) is 0 Å². The zero-order valence-electron chi connectivity index (χ0n) is 6.53. The molecule has 0 N–H and O–H groups in total. The number of rotatable bonds is 2. The van der Waals surface area contributed by atoms with Gasteiger partial charge in [0.1, 0.15) is 0 Å². The smallest absolute Gasteiger partial charge is 0.192 e. The van der Waals surface area contributed by atoms with Gasteiger partial charge >= 0.3 is 0 Å². The molecule has 0 saturated heterocycles. The average molecular weight is 151 g/mol. The van der Waals surface area contributed by atoms with Crippen LogP contribution in [0.5, 0.6) is 0 Å². The van der Waals surface area contributed by atoms with Crippen LogP contribution in [0.1, 0.15) is 17.3 Å². The lowest BCUT2D eigenvalue weighted by Crippen LogP contribution is -1.79. The largest absolute Gasteiger partial charge is 0.440 e. The number of hydrogen-bond acceptors (Lipinski definition) is 4. The molecular formula is C7H9N3O. The fourth-order valence-electron chi connectivity index (χ4n) is 0.760. The first kappa shape index (κ1) is 7.65. The Hall–Kier alpha value is -1.45. The first-order chi connectivity index (χ1) is 5.24. The average Bonchev–Trinajstić information content (AvgIpc) is 2.26. The van der Waals surface area contributed by atoms with E-state index in [1.807, 2.05) is 6.92 Å². The van der Waals surface area contributed by atoms with Gasteiger partial charge in [-0.1, -0.05) is 0 Å². The molecule has 4 nitrogen and oxygen atoms in total. The summed E-state index contributed by atoms with van der Waals surface area (Å²) in [6.07, 6.45) is 1.49. The molecule has 0 spiro atoms. The van der Waals surface area contributed by atoms with Crippen molar-refractivity contribution in [1.29, 1.82) is 0 Å². The minimum absolute atomic E-state index is 0.632. The summed E-state index contributed by atoms with van der Waals surface area (Å²) < 4.78 is 5.17. The Balaban J connectivity index is 2.93. The van der Waals surface area contributed by atoms with E-state index in [1.165, 1.54) is 6.21 Å². The predicted molar refractivity (Wildman–Crippen MR) is 43.1 cm³/mol. The molecule has 0 aliphatic rings. The predicted octanol–water partition coefficient (Wildman–Crippen LogP) is 1.33. The van der Waals surface area contributed by atoms with E-state index in [-0.39, 0.29) is 0 Å². The van der Waals surface area contributed by atoms with Gasteiger partial charge in [-0.2, -0.15) is 10.2 Å². The van der Waals surface area contributed by atoms with E-state index in [0.717, 1.165) is 5.69 Å². The normalized spacial score (nSPS) is 10.7. The lowest BCUT2D eigenvalue weighted by atomic mass is 10.4. The van der Waals surface area contributed by atoms with Crippen LogP contribution in [0.3, 0.4) is 0 Å². The zero-order valence-corrected chi connectivity index (χ0v) is 6.53. The molecule has 0 aromatic carbocycles. The van der Waals surface area contributed by atoms with Gasteiger partial charge in [-0.25, -0.2) is 4.98 Å². The van der Waals surface area contributed by atoms with Gasteiger partial charge in [0, 0.05) is 13.6 Å². The number of aromatic nitrogens is 1. The second-order valence-corrected chi connectivity index (χ2v) is 2.07. The molecule has 0 atom stereocenters. The Morgan fingerprint density at radius 2 is 2.27 bits per heavy atom. The van der Waals surface area contributed by atoms with Gasteiger partial charge < -0.3 is 4.42 Å². The van der Waals surface area contributed by atoms with Crippen molar-refractivity contribution in [2.75, 3.05) is 0 Å². The van der Waals surface area contributed by atoms with E-state index < -0.39 is 0 Å². The highest BCUT2D eigenvalue weighted by atomic mass is 16.4. The third-order valence-corrected chi connectivity index (χ3v) is 1.20. The van der Waals surface area contributed by atoms with Crippen LogP contribution in [-0.2, 0) is 0 Å². The monoisotopic (exact) mass is 151 g/mol. The second kappa shape index (κ2) is 3.09. The Labute approximate surface area is 64.7 Å². The maximum atomic E-state index is 5.17. The van der Waals surface area contributed by atoms with Crippen molar-refractivity contribution in [3.05, 3.63) is 17.3 Å². The highest BCUT2D eigenvalue weighted by Crippen LogP contribution is 2.05. The van der Waals surface area contributed by atoms with E-state index in [9.17, 15) is 0 Å². The van der Waals surface area contributed by atoms with Crippen LogP contribution in [-0.4, -0.2) is 17.9 Å². The molecule has 1 aromatic rings. The molecule has 0 fully saturated rings. The molecule has 4 heteroatoms. The van der Waals surface area contributed by atoms with Crippen molar-refractivity contribution in [3.8, 4) is 0 Å². The van der Waals surface area contributed by atoms with Crippen LogP contribution in [0, 0.1) is 13.8 Å². The van der Waals surface area contributed by atoms with Gasteiger partial charge in [-0.3, -0.25) is 0 Å². The van der Waals surface area contributed by atoms with Crippen LogP contribution >= 0.6 is 0 Å². The Morgan fingerprint density at radius 1 is 1.55 bits per heavy atom. The molecule has 0 radical (unpaired) electrons. The molecule has 0 unspecified atom stereocenters. The molecule has 0 bridgehead atoms. The standard InChI is InChI=1S/C7H9N3O/c1-5-7(4-9-8-3)11-6(2)10-5/h4H,3H2,1-2H3/b9-4-. The van der Waals surface area contributed by atoms with Crippen molar-refractivity contribution in [1.82, 2.24) is 4.98 Å². The molecule has 58 valence electrons. The molecule has 1 heterocycles. The summed E-state index contributed by atoms with van der Waals surface area (Å²) in [4.78, 5) is 4.04. The summed E-state index contributed by atoms with van der Waals surface area (Å²) in [5.74, 6) is 1.27. The van der Waals surface area contributed by atoms with Crippen molar-refractivity contribution in [2.24, 2.45) is 10.2 Å². The first-order valence-corrected chi connectivity index (χ1v) is 3.17. The van der Waals surface area contributed by atoms with Gasteiger partial charge in [-0.05, 0) is 6.92 Å². The summed E-state index contributed by atoms with van der Waals surface area (Å²) in [5.41, 5.74) is 0.815. The maximum Gasteiger partial charge on any atom is 0.192 e. The van der Waals surface area contributed by atoms with Crippen molar-refractivity contribution in [2.45, 2.75) is 13.8 Å². The molecule has 1 aromatic heterocycles. The summed E-state index contributed by atoms with van der Waals surface area (Å²) in [6.45, 7) is 6.83. The Bertz CT molecular complexity index is 288. The Morgan fingerprint density at radius 3 is 2.73 bits per heavy atom. The second-order valence-electron chi connectivity index (χ2n) is 2.07. The molecule has 11 heavy (non-hydrogen) atoms. The van der Waals surface area contributed by atoms with Gasteiger partial charge in [0.25, 0.3) is 0 Å². The van der Waals surface area contributed by atoms with E-state index in [4.69, 9.17) is 4.42 Å². The molecule has 0 aliphatic carbocycles. The first-order valence-electron chi connectivity index (χ1n) is 3.17. The number of nitrogens with zero attached hydrogens (tertiary/aromatic N) is 3. The third-order valence-electron chi connectivity index (χ3n) is 1.20. The number of hydrogen-bond donors (Lipinski definition) is 0. The third kappa shape index (κ3) is 1.73. The van der Waals surface area contributed by atoms with Gasteiger partial charge in [0.2, 0.25) is 0 Å². The molecular weight excluding hydrogens is 142 g/mol. The Kier molecular flexibility index (Phi) is 2.15. The van der Waals surface area contributed by atoms with E-state index in [0.29, 0.717) is 11.7 Å². The fourth-order valence-corrected chi connectivity index (χ4v) is 0.760. The van der Waals surface area contributed by atoms with Gasteiger partial charge in [0.05, 0.1) is 11.9 Å². The minimum atomic E-state index is 0.632. The highest BCUT2D eigenvalue weighted by Gasteiger charge is 2.01. The fraction of sp³-hybridized carbons (Fsp3) is 0.286. The van der Waals surface area contributed by atoms with Crippen LogP contribution in [0.25, 0.3) is 0 Å². The summed E-state index contributed by atoms with van der Waals surface area (Å²) >= 11 is 0. The van der Waals surface area contributed by atoms with Gasteiger partial charge in [-0.15, -0.1) is 0 Å². The minimum Gasteiger partial charge on any atom is -0.440 e. The topological polar surface area (TPSA) is 50.8 Å². The lowest BCUT2D eigenvalue weighted by molar-refractivity contribution is 0.515. The van der Waals surface area contributed by atoms with Gasteiger partial charge in [0.15, 0.2) is 11.7 Å². The zero-order chi connectivity index (χ0) is 8.27. The number of aryl methyl sites for hydroxylation is 2. The summed E-state index contributed by atoms with van der Waals surface area (Å²) in [6, 6.07) is 0. The maximum absolute atomic E-state index is 5.17. The molecule has 1 rings (SSSR count). The van der Waals surface area contributed by atoms with E-state index in [1.54, 1.807) is 6.92 Å². The summed E-state index contributed by atoms with van der Waals surface area (Å²) in [7, 11) is 0. The van der Waals surface area contributed by atoms with Crippen LogP contribution < -0.4 is 0 Å². The lowest BCUT2D eigenvalue weighted by Gasteiger charge is -1.81. The van der Waals surface area contributed by atoms with E-state index >= 15 is 0 Å².